The number of piperidine rings is 1. The van der Waals surface area contributed by atoms with Crippen LogP contribution in [0, 0.1) is 5.92 Å². The van der Waals surface area contributed by atoms with E-state index in [2.05, 4.69) is 22.1 Å². The summed E-state index contributed by atoms with van der Waals surface area (Å²) in [7, 11) is 0. The van der Waals surface area contributed by atoms with Crippen molar-refractivity contribution in [3.05, 3.63) is 18.2 Å². The summed E-state index contributed by atoms with van der Waals surface area (Å²) in [5.41, 5.74) is 6.59. The monoisotopic (exact) mass is 289 g/mol. The third kappa shape index (κ3) is 2.64. The molecule has 1 saturated heterocycles. The van der Waals surface area contributed by atoms with Gasteiger partial charge < -0.3 is 20.8 Å². The second-order valence-electron chi connectivity index (χ2n) is 5.56. The quantitative estimate of drug-likeness (QED) is 0.657. The van der Waals surface area contributed by atoms with E-state index < -0.39 is 0 Å². The molecule has 1 fully saturated rings. The van der Waals surface area contributed by atoms with E-state index in [1.54, 1.807) is 6.07 Å². The van der Waals surface area contributed by atoms with Crippen LogP contribution >= 0.6 is 0 Å². The van der Waals surface area contributed by atoms with E-state index in [-0.39, 0.29) is 17.5 Å². The summed E-state index contributed by atoms with van der Waals surface area (Å²) in [6, 6.07) is 4.48. The number of H-pyrrole nitrogens is 1. The van der Waals surface area contributed by atoms with Gasteiger partial charge in [-0.15, -0.1) is 5.10 Å². The van der Waals surface area contributed by atoms with Crippen molar-refractivity contribution in [3.8, 4) is 22.9 Å². The highest BCUT2D eigenvalue weighted by Gasteiger charge is 2.25. The number of rotatable bonds is 2. The third-order valence-corrected chi connectivity index (χ3v) is 4.01. The molecule has 7 heteroatoms. The van der Waals surface area contributed by atoms with Crippen LogP contribution in [0.3, 0.4) is 0 Å². The van der Waals surface area contributed by atoms with E-state index in [1.807, 2.05) is 4.90 Å². The number of aromatic amines is 1. The van der Waals surface area contributed by atoms with Gasteiger partial charge in [0.05, 0.1) is 5.56 Å². The Bertz CT molecular complexity index is 642. The SMILES string of the molecule is CC1CCN(c2n[nH]c(-c3ccc(O)cc3O)n2)CC1N. The van der Waals surface area contributed by atoms with Gasteiger partial charge in [-0.25, -0.2) is 0 Å². The zero-order chi connectivity index (χ0) is 15.0. The number of nitrogens with two attached hydrogens (primary N) is 1. The van der Waals surface area contributed by atoms with E-state index >= 15 is 0 Å². The minimum Gasteiger partial charge on any atom is -0.508 e. The molecule has 1 aromatic carbocycles. The summed E-state index contributed by atoms with van der Waals surface area (Å²) in [6.45, 7) is 3.74. The summed E-state index contributed by atoms with van der Waals surface area (Å²) in [4.78, 5) is 6.46. The van der Waals surface area contributed by atoms with Crippen LogP contribution in [0.1, 0.15) is 13.3 Å². The largest absolute Gasteiger partial charge is 0.508 e. The molecule has 0 saturated carbocycles. The van der Waals surface area contributed by atoms with E-state index in [1.165, 1.54) is 12.1 Å². The summed E-state index contributed by atoms with van der Waals surface area (Å²) in [5, 5.41) is 26.2. The molecule has 0 bridgehead atoms. The molecule has 2 heterocycles. The lowest BCUT2D eigenvalue weighted by Crippen LogP contribution is -2.48. The Hall–Kier alpha value is -2.28. The van der Waals surface area contributed by atoms with Gasteiger partial charge in [-0.1, -0.05) is 6.92 Å². The summed E-state index contributed by atoms with van der Waals surface area (Å²) in [6.07, 6.45) is 1.01. The Balaban J connectivity index is 1.83. The van der Waals surface area contributed by atoms with Gasteiger partial charge >= 0.3 is 0 Å². The molecule has 1 aromatic heterocycles. The normalized spacial score (nSPS) is 22.5. The number of hydrogen-bond acceptors (Lipinski definition) is 6. The molecule has 0 aliphatic carbocycles. The number of anilines is 1. The molecule has 0 spiro atoms. The lowest BCUT2D eigenvalue weighted by atomic mass is 9.95. The summed E-state index contributed by atoms with van der Waals surface area (Å²) >= 11 is 0. The molecule has 0 radical (unpaired) electrons. The first kappa shape index (κ1) is 13.7. The fourth-order valence-corrected chi connectivity index (χ4v) is 2.52. The van der Waals surface area contributed by atoms with Crippen LogP contribution in [0.15, 0.2) is 18.2 Å². The summed E-state index contributed by atoms with van der Waals surface area (Å²) < 4.78 is 0. The van der Waals surface area contributed by atoms with Crippen molar-refractivity contribution >= 4 is 5.95 Å². The molecule has 1 aliphatic rings. The van der Waals surface area contributed by atoms with E-state index in [9.17, 15) is 10.2 Å². The van der Waals surface area contributed by atoms with Gasteiger partial charge in [-0.05, 0) is 24.5 Å². The Morgan fingerprint density at radius 2 is 2.19 bits per heavy atom. The maximum Gasteiger partial charge on any atom is 0.245 e. The lowest BCUT2D eigenvalue weighted by Gasteiger charge is -2.34. The molecule has 2 unspecified atom stereocenters. The second kappa shape index (κ2) is 5.25. The molecule has 2 aromatic rings. The number of hydrogen-bond donors (Lipinski definition) is 4. The van der Waals surface area contributed by atoms with Crippen molar-refractivity contribution < 1.29 is 10.2 Å². The molecule has 7 nitrogen and oxygen atoms in total. The molecule has 21 heavy (non-hydrogen) atoms. The lowest BCUT2D eigenvalue weighted by molar-refractivity contribution is 0.376. The van der Waals surface area contributed by atoms with Gasteiger partial charge in [-0.3, -0.25) is 5.10 Å². The van der Waals surface area contributed by atoms with Crippen molar-refractivity contribution in [1.82, 2.24) is 15.2 Å². The van der Waals surface area contributed by atoms with Gasteiger partial charge in [0.2, 0.25) is 5.95 Å². The predicted octanol–water partition coefficient (Wildman–Crippen LogP) is 1.06. The zero-order valence-electron chi connectivity index (χ0n) is 11.8. The van der Waals surface area contributed by atoms with Crippen LogP contribution in [0.25, 0.3) is 11.4 Å². The average molecular weight is 289 g/mol. The molecular formula is C14H19N5O2. The molecule has 5 N–H and O–H groups in total. The van der Waals surface area contributed by atoms with Crippen LogP contribution in [0.5, 0.6) is 11.5 Å². The molecule has 0 amide bonds. The number of phenolic OH excluding ortho intramolecular Hbond substituents is 2. The van der Waals surface area contributed by atoms with Crippen LogP contribution < -0.4 is 10.6 Å². The number of aromatic nitrogens is 3. The molecule has 112 valence electrons. The van der Waals surface area contributed by atoms with Gasteiger partial charge in [0.25, 0.3) is 0 Å². The van der Waals surface area contributed by atoms with Crippen LogP contribution in [-0.2, 0) is 0 Å². The van der Waals surface area contributed by atoms with Crippen molar-refractivity contribution in [2.75, 3.05) is 18.0 Å². The van der Waals surface area contributed by atoms with Gasteiger partial charge in [0.15, 0.2) is 5.82 Å². The number of benzene rings is 1. The van der Waals surface area contributed by atoms with Gasteiger partial charge in [-0.2, -0.15) is 4.98 Å². The number of phenols is 2. The third-order valence-electron chi connectivity index (χ3n) is 4.01. The first-order valence-corrected chi connectivity index (χ1v) is 7.00. The first-order chi connectivity index (χ1) is 10.0. The molecule has 1 aliphatic heterocycles. The van der Waals surface area contributed by atoms with Crippen LogP contribution in [0.2, 0.25) is 0 Å². The van der Waals surface area contributed by atoms with Crippen molar-refractivity contribution in [3.63, 3.8) is 0 Å². The number of nitrogens with zero attached hydrogens (tertiary/aromatic N) is 3. The Morgan fingerprint density at radius 3 is 2.90 bits per heavy atom. The number of nitrogens with one attached hydrogen (secondary N) is 1. The Morgan fingerprint density at radius 1 is 1.38 bits per heavy atom. The topological polar surface area (TPSA) is 111 Å². The smallest absolute Gasteiger partial charge is 0.245 e. The maximum atomic E-state index is 9.86. The molecule has 2 atom stereocenters. The highest BCUT2D eigenvalue weighted by Crippen LogP contribution is 2.30. The van der Waals surface area contributed by atoms with E-state index in [0.29, 0.717) is 23.3 Å². The second-order valence-corrected chi connectivity index (χ2v) is 5.56. The minimum absolute atomic E-state index is 0.00646. The molecular weight excluding hydrogens is 270 g/mol. The Labute approximate surface area is 122 Å². The Kier molecular flexibility index (Phi) is 3.42. The van der Waals surface area contributed by atoms with E-state index in [0.717, 1.165) is 19.5 Å². The fraction of sp³-hybridized carbons (Fsp3) is 0.429. The van der Waals surface area contributed by atoms with Crippen molar-refractivity contribution in [2.45, 2.75) is 19.4 Å². The van der Waals surface area contributed by atoms with Crippen molar-refractivity contribution in [2.24, 2.45) is 11.7 Å². The minimum atomic E-state index is -0.0401. The van der Waals surface area contributed by atoms with Gasteiger partial charge in [0.1, 0.15) is 11.5 Å². The van der Waals surface area contributed by atoms with Gasteiger partial charge in [0, 0.05) is 25.2 Å². The van der Waals surface area contributed by atoms with Crippen LogP contribution in [0.4, 0.5) is 5.95 Å². The highest BCUT2D eigenvalue weighted by molar-refractivity contribution is 5.65. The highest BCUT2D eigenvalue weighted by atomic mass is 16.3. The fourth-order valence-electron chi connectivity index (χ4n) is 2.52. The van der Waals surface area contributed by atoms with Crippen molar-refractivity contribution in [1.29, 1.82) is 0 Å². The predicted molar refractivity (Wildman–Crippen MR) is 79.1 cm³/mol. The standard InChI is InChI=1S/C14H19N5O2/c1-8-4-5-19(7-11(8)15)14-16-13(17-18-14)10-3-2-9(20)6-12(10)21/h2-3,6,8,11,20-21H,4-5,7,15H2,1H3,(H,16,17,18). The first-order valence-electron chi connectivity index (χ1n) is 7.00. The number of aromatic hydroxyl groups is 2. The summed E-state index contributed by atoms with van der Waals surface area (Å²) in [5.74, 6) is 1.52. The maximum absolute atomic E-state index is 9.86. The molecule has 3 rings (SSSR count). The average Bonchev–Trinajstić information content (AvgIpc) is 2.91. The zero-order valence-corrected chi connectivity index (χ0v) is 11.8. The van der Waals surface area contributed by atoms with Crippen LogP contribution in [-0.4, -0.2) is 44.5 Å². The van der Waals surface area contributed by atoms with E-state index in [4.69, 9.17) is 5.73 Å².